The minimum absolute atomic E-state index is 0.111. The molecule has 1 saturated carbocycles. The molecule has 34 heavy (non-hydrogen) atoms. The minimum Gasteiger partial charge on any atom is -0.349 e. The van der Waals surface area contributed by atoms with Gasteiger partial charge in [-0.2, -0.15) is 0 Å². The van der Waals surface area contributed by atoms with Crippen LogP contribution >= 0.6 is 11.6 Å². The van der Waals surface area contributed by atoms with E-state index in [1.807, 2.05) is 0 Å². The molecule has 4 N–H and O–H groups in total. The summed E-state index contributed by atoms with van der Waals surface area (Å²) in [4.78, 5) is 29.1. The van der Waals surface area contributed by atoms with E-state index in [9.17, 15) is 22.8 Å². The maximum Gasteiger partial charge on any atom is 0.253 e. The van der Waals surface area contributed by atoms with Crippen molar-refractivity contribution in [2.24, 2.45) is 5.73 Å². The fourth-order valence-corrected chi connectivity index (χ4v) is 3.61. The van der Waals surface area contributed by atoms with Gasteiger partial charge in [0.25, 0.3) is 11.8 Å². The van der Waals surface area contributed by atoms with Gasteiger partial charge in [-0.3, -0.25) is 14.6 Å². The van der Waals surface area contributed by atoms with Crippen molar-refractivity contribution in [3.8, 4) is 11.3 Å². The van der Waals surface area contributed by atoms with Gasteiger partial charge in [0.15, 0.2) is 0 Å². The van der Waals surface area contributed by atoms with E-state index in [-0.39, 0.29) is 47.3 Å². The lowest BCUT2D eigenvalue weighted by atomic mass is 9.99. The van der Waals surface area contributed by atoms with E-state index in [2.05, 4.69) is 15.6 Å². The number of nitrogens with zero attached hydrogens (tertiary/aromatic N) is 1. The van der Waals surface area contributed by atoms with E-state index in [1.165, 1.54) is 24.4 Å². The average molecular weight is 489 g/mol. The number of halogens is 4. The van der Waals surface area contributed by atoms with Crippen LogP contribution in [-0.2, 0) is 13.1 Å². The van der Waals surface area contributed by atoms with Crippen molar-refractivity contribution in [1.29, 1.82) is 0 Å². The van der Waals surface area contributed by atoms with Crippen molar-refractivity contribution in [2.75, 3.05) is 0 Å². The van der Waals surface area contributed by atoms with Crippen molar-refractivity contribution in [3.63, 3.8) is 0 Å². The predicted octanol–water partition coefficient (Wildman–Crippen LogP) is 4.10. The van der Waals surface area contributed by atoms with Crippen LogP contribution in [-0.4, -0.2) is 22.8 Å². The molecular formula is C24H20ClF3N4O2. The number of hydrogen-bond acceptors (Lipinski definition) is 4. The highest BCUT2D eigenvalue weighted by atomic mass is 35.5. The molecule has 0 atom stereocenters. The first-order valence-electron chi connectivity index (χ1n) is 10.5. The highest BCUT2D eigenvalue weighted by Gasteiger charge is 2.25. The summed E-state index contributed by atoms with van der Waals surface area (Å²) in [5.74, 6) is -3.15. The number of carbonyl (C=O) groups is 2. The van der Waals surface area contributed by atoms with Gasteiger partial charge in [-0.15, -0.1) is 0 Å². The number of rotatable bonds is 7. The molecule has 0 bridgehead atoms. The van der Waals surface area contributed by atoms with Gasteiger partial charge in [-0.1, -0.05) is 11.6 Å². The van der Waals surface area contributed by atoms with Gasteiger partial charge in [0.05, 0.1) is 16.3 Å². The molecule has 0 radical (unpaired) electrons. The Kier molecular flexibility index (Phi) is 6.85. The summed E-state index contributed by atoms with van der Waals surface area (Å²) >= 11 is 5.78. The third-order valence-electron chi connectivity index (χ3n) is 5.44. The van der Waals surface area contributed by atoms with E-state index < -0.39 is 28.4 Å². The average Bonchev–Trinajstić information content (AvgIpc) is 3.65. The van der Waals surface area contributed by atoms with Crippen LogP contribution in [0, 0.1) is 17.5 Å². The Bertz CT molecular complexity index is 1260. The monoisotopic (exact) mass is 488 g/mol. The summed E-state index contributed by atoms with van der Waals surface area (Å²) in [6.07, 6.45) is 3.04. The summed E-state index contributed by atoms with van der Waals surface area (Å²) in [6, 6.07) is 7.51. The van der Waals surface area contributed by atoms with Gasteiger partial charge < -0.3 is 16.4 Å². The molecule has 1 fully saturated rings. The zero-order valence-corrected chi connectivity index (χ0v) is 18.6. The number of hydrogen-bond donors (Lipinski definition) is 3. The Morgan fingerprint density at radius 3 is 2.35 bits per heavy atom. The second-order valence-electron chi connectivity index (χ2n) is 7.87. The van der Waals surface area contributed by atoms with Crippen LogP contribution in [0.1, 0.15) is 44.7 Å². The highest BCUT2D eigenvalue weighted by Crippen LogP contribution is 2.27. The van der Waals surface area contributed by atoms with Crippen molar-refractivity contribution in [1.82, 2.24) is 15.6 Å². The van der Waals surface area contributed by atoms with Crippen LogP contribution in [0.4, 0.5) is 13.2 Å². The number of aromatic nitrogens is 1. The maximum atomic E-state index is 14.7. The van der Waals surface area contributed by atoms with Gasteiger partial charge in [-0.05, 0) is 49.2 Å². The quantitative estimate of drug-likeness (QED) is 0.436. The molecule has 2 amide bonds. The van der Waals surface area contributed by atoms with E-state index in [1.54, 1.807) is 0 Å². The molecule has 1 aliphatic rings. The molecular weight excluding hydrogens is 469 g/mol. The Balaban J connectivity index is 1.54. The lowest BCUT2D eigenvalue weighted by Gasteiger charge is -2.13. The molecule has 1 aliphatic carbocycles. The second kappa shape index (κ2) is 9.82. The Labute approximate surface area is 198 Å². The van der Waals surface area contributed by atoms with E-state index in [0.29, 0.717) is 11.3 Å². The summed E-state index contributed by atoms with van der Waals surface area (Å²) in [5.41, 5.74) is 6.65. The van der Waals surface area contributed by atoms with Crippen LogP contribution < -0.4 is 16.4 Å². The van der Waals surface area contributed by atoms with Crippen LogP contribution in [0.3, 0.4) is 0 Å². The van der Waals surface area contributed by atoms with Gasteiger partial charge in [0.1, 0.15) is 17.5 Å². The summed E-state index contributed by atoms with van der Waals surface area (Å²) in [6.45, 7) is -0.445. The molecule has 0 spiro atoms. The Morgan fingerprint density at radius 1 is 0.971 bits per heavy atom. The zero-order chi connectivity index (χ0) is 24.4. The molecule has 0 aliphatic heterocycles. The van der Waals surface area contributed by atoms with Crippen LogP contribution in [0.15, 0.2) is 42.6 Å². The van der Waals surface area contributed by atoms with Crippen LogP contribution in [0.5, 0.6) is 0 Å². The number of amides is 2. The van der Waals surface area contributed by atoms with E-state index >= 15 is 0 Å². The second-order valence-corrected chi connectivity index (χ2v) is 8.25. The molecule has 2 aromatic carbocycles. The molecule has 10 heteroatoms. The summed E-state index contributed by atoms with van der Waals surface area (Å²) in [7, 11) is 0. The predicted molar refractivity (Wildman–Crippen MR) is 121 cm³/mol. The first-order valence-corrected chi connectivity index (χ1v) is 10.9. The SMILES string of the molecule is NCc1c(F)cc(C(=O)NC2CC2)cc1-c1ccc(C(=O)NCc2c(F)ccc(F)c2Cl)cn1. The Morgan fingerprint density at radius 2 is 1.71 bits per heavy atom. The van der Waals surface area contributed by atoms with Crippen molar-refractivity contribution in [3.05, 3.63) is 87.3 Å². The highest BCUT2D eigenvalue weighted by molar-refractivity contribution is 6.31. The lowest BCUT2D eigenvalue weighted by molar-refractivity contribution is 0.0942. The Hall–Kier alpha value is -3.43. The third-order valence-corrected chi connectivity index (χ3v) is 5.85. The topological polar surface area (TPSA) is 97.1 Å². The molecule has 1 heterocycles. The number of pyridine rings is 1. The van der Waals surface area contributed by atoms with E-state index in [4.69, 9.17) is 17.3 Å². The summed E-state index contributed by atoms with van der Waals surface area (Å²) in [5, 5.41) is 4.86. The fourth-order valence-electron chi connectivity index (χ4n) is 3.39. The third kappa shape index (κ3) is 5.05. The number of nitrogens with two attached hydrogens (primary N) is 1. The van der Waals surface area contributed by atoms with Crippen molar-refractivity contribution < 1.29 is 22.8 Å². The maximum absolute atomic E-state index is 14.7. The molecule has 176 valence electrons. The normalized spacial score (nSPS) is 13.0. The minimum atomic E-state index is -0.797. The molecule has 6 nitrogen and oxygen atoms in total. The number of nitrogens with one attached hydrogen (secondary N) is 2. The molecule has 1 aromatic heterocycles. The zero-order valence-electron chi connectivity index (χ0n) is 17.8. The standard InChI is InChI=1S/C24H20ClF3N4O2/c25-22-17(18(26)4-5-19(22)27)11-31-23(33)12-1-6-21(30-10-12)15-7-13(8-20(28)16(15)9-29)24(34)32-14-2-3-14/h1,4-8,10,14H,2-3,9,11,29H2,(H,31,33)(H,32,34). The molecule has 0 unspecified atom stereocenters. The molecule has 0 saturated heterocycles. The lowest BCUT2D eigenvalue weighted by Crippen LogP contribution is -2.25. The first-order chi connectivity index (χ1) is 16.3. The van der Waals surface area contributed by atoms with Crippen LogP contribution in [0.2, 0.25) is 5.02 Å². The van der Waals surface area contributed by atoms with Gasteiger partial charge in [0, 0.05) is 47.6 Å². The molecule has 3 aromatic rings. The first kappa shape index (κ1) is 23.7. The number of benzene rings is 2. The largest absolute Gasteiger partial charge is 0.349 e. The van der Waals surface area contributed by atoms with Crippen LogP contribution in [0.25, 0.3) is 11.3 Å². The fraction of sp³-hybridized carbons (Fsp3) is 0.208. The smallest absolute Gasteiger partial charge is 0.253 e. The van der Waals surface area contributed by atoms with Gasteiger partial charge in [-0.25, -0.2) is 13.2 Å². The van der Waals surface area contributed by atoms with Crippen molar-refractivity contribution >= 4 is 23.4 Å². The van der Waals surface area contributed by atoms with Gasteiger partial charge in [0.2, 0.25) is 0 Å². The van der Waals surface area contributed by atoms with Crippen molar-refractivity contribution in [2.45, 2.75) is 32.0 Å². The number of carbonyl (C=O) groups excluding carboxylic acids is 2. The van der Waals surface area contributed by atoms with Gasteiger partial charge >= 0.3 is 0 Å². The van der Waals surface area contributed by atoms with E-state index in [0.717, 1.165) is 31.0 Å². The molecule has 4 rings (SSSR count). The summed E-state index contributed by atoms with van der Waals surface area (Å²) < 4.78 is 42.1.